The Kier molecular flexibility index (Phi) is 1.24. The molecule has 3 atom stereocenters. The minimum absolute atomic E-state index is 0.383. The Morgan fingerprint density at radius 1 is 1.44 bits per heavy atom. The van der Waals surface area contributed by atoms with Gasteiger partial charge in [-0.05, 0) is 25.2 Å². The highest BCUT2D eigenvalue weighted by Crippen LogP contribution is 2.32. The largest absolute Gasteiger partial charge is 0.396 e. The third-order valence-electron chi connectivity index (χ3n) is 2.67. The van der Waals surface area contributed by atoms with Crippen molar-refractivity contribution in [3.05, 3.63) is 0 Å². The molecule has 2 nitrogen and oxygen atoms in total. The summed E-state index contributed by atoms with van der Waals surface area (Å²) in [7, 11) is 0. The van der Waals surface area contributed by atoms with E-state index in [1.807, 2.05) is 0 Å². The van der Waals surface area contributed by atoms with Crippen LogP contribution in [0.5, 0.6) is 0 Å². The van der Waals surface area contributed by atoms with Crippen molar-refractivity contribution in [3.8, 4) is 0 Å². The van der Waals surface area contributed by atoms with Crippen LogP contribution in [0.1, 0.15) is 19.3 Å². The highest BCUT2D eigenvalue weighted by atomic mass is 16.3. The van der Waals surface area contributed by atoms with Gasteiger partial charge in [-0.3, -0.25) is 0 Å². The van der Waals surface area contributed by atoms with Crippen LogP contribution in [0.15, 0.2) is 0 Å². The Morgan fingerprint density at radius 2 is 2.33 bits per heavy atom. The molecule has 2 heteroatoms. The third-order valence-corrected chi connectivity index (χ3v) is 2.67. The Bertz CT molecular complexity index is 115. The molecule has 52 valence electrons. The molecule has 2 fully saturated rings. The second kappa shape index (κ2) is 1.96. The first-order valence-electron chi connectivity index (χ1n) is 3.77. The van der Waals surface area contributed by atoms with Crippen molar-refractivity contribution in [3.63, 3.8) is 0 Å². The summed E-state index contributed by atoms with van der Waals surface area (Å²) in [5.41, 5.74) is 0. The molecule has 2 bridgehead atoms. The van der Waals surface area contributed by atoms with E-state index >= 15 is 0 Å². The van der Waals surface area contributed by atoms with Crippen molar-refractivity contribution < 1.29 is 5.11 Å². The van der Waals surface area contributed by atoms with E-state index in [2.05, 4.69) is 5.32 Å². The van der Waals surface area contributed by atoms with E-state index < -0.39 is 0 Å². The van der Waals surface area contributed by atoms with Gasteiger partial charge in [-0.2, -0.15) is 0 Å². The Balaban J connectivity index is 2.01. The normalized spacial score (nSPS) is 48.3. The quantitative estimate of drug-likeness (QED) is 0.524. The van der Waals surface area contributed by atoms with E-state index in [0.717, 1.165) is 6.04 Å². The summed E-state index contributed by atoms with van der Waals surface area (Å²) >= 11 is 0. The highest BCUT2D eigenvalue weighted by molar-refractivity contribution is 4.96. The molecule has 2 aliphatic rings. The van der Waals surface area contributed by atoms with Crippen LogP contribution in [0.2, 0.25) is 0 Å². The van der Waals surface area contributed by atoms with Crippen molar-refractivity contribution in [2.24, 2.45) is 5.92 Å². The molecule has 0 aliphatic carbocycles. The van der Waals surface area contributed by atoms with Crippen molar-refractivity contribution in [2.45, 2.75) is 31.3 Å². The maximum atomic E-state index is 8.85. The van der Waals surface area contributed by atoms with Crippen molar-refractivity contribution in [1.82, 2.24) is 5.32 Å². The molecule has 2 saturated heterocycles. The van der Waals surface area contributed by atoms with Gasteiger partial charge in [0.25, 0.3) is 0 Å². The van der Waals surface area contributed by atoms with Crippen molar-refractivity contribution >= 4 is 0 Å². The zero-order valence-corrected chi connectivity index (χ0v) is 5.51. The fourth-order valence-electron chi connectivity index (χ4n) is 2.14. The van der Waals surface area contributed by atoms with Crippen LogP contribution in [0.4, 0.5) is 0 Å². The number of hydrogen-bond donors (Lipinski definition) is 2. The molecule has 2 heterocycles. The van der Waals surface area contributed by atoms with Crippen molar-refractivity contribution in [1.29, 1.82) is 0 Å². The van der Waals surface area contributed by atoms with Crippen LogP contribution in [0.25, 0.3) is 0 Å². The minimum atomic E-state index is 0.383. The van der Waals surface area contributed by atoms with Crippen LogP contribution in [0.3, 0.4) is 0 Å². The first kappa shape index (κ1) is 5.69. The molecule has 0 saturated carbocycles. The number of aliphatic hydroxyl groups excluding tert-OH is 1. The lowest BCUT2D eigenvalue weighted by molar-refractivity contribution is 0.203. The topological polar surface area (TPSA) is 32.3 Å². The van der Waals surface area contributed by atoms with Gasteiger partial charge in [0.1, 0.15) is 0 Å². The van der Waals surface area contributed by atoms with Crippen LogP contribution in [-0.4, -0.2) is 23.8 Å². The predicted octanol–water partition coefficient (Wildman–Crippen LogP) is 0.119. The van der Waals surface area contributed by atoms with E-state index in [1.165, 1.54) is 19.3 Å². The fraction of sp³-hybridized carbons (Fsp3) is 1.00. The zero-order valence-electron chi connectivity index (χ0n) is 5.51. The average molecular weight is 127 g/mol. The van der Waals surface area contributed by atoms with Gasteiger partial charge in [0, 0.05) is 18.7 Å². The number of rotatable bonds is 1. The lowest BCUT2D eigenvalue weighted by Crippen LogP contribution is -2.24. The summed E-state index contributed by atoms with van der Waals surface area (Å²) in [6.45, 7) is 0.383. The molecular formula is C7H13NO. The molecule has 0 aromatic rings. The average Bonchev–Trinajstić information content (AvgIpc) is 2.45. The zero-order chi connectivity index (χ0) is 6.27. The molecule has 0 aromatic heterocycles. The Morgan fingerprint density at radius 3 is 2.67 bits per heavy atom. The van der Waals surface area contributed by atoms with Crippen molar-refractivity contribution in [2.75, 3.05) is 6.61 Å². The van der Waals surface area contributed by atoms with Gasteiger partial charge in [0.05, 0.1) is 0 Å². The number of fused-ring (bicyclic) bond motifs is 2. The molecule has 0 aromatic carbocycles. The van der Waals surface area contributed by atoms with Gasteiger partial charge in [0.15, 0.2) is 0 Å². The van der Waals surface area contributed by atoms with E-state index in [4.69, 9.17) is 5.11 Å². The van der Waals surface area contributed by atoms with Crippen LogP contribution < -0.4 is 5.32 Å². The smallest absolute Gasteiger partial charge is 0.0474 e. The molecule has 0 spiro atoms. The standard InChI is InChI=1S/C7H13NO/c9-4-5-3-6-1-2-7(5)8-6/h5-9H,1-4H2. The van der Waals surface area contributed by atoms with E-state index in [-0.39, 0.29) is 0 Å². The van der Waals surface area contributed by atoms with E-state index in [1.54, 1.807) is 0 Å². The van der Waals surface area contributed by atoms with E-state index in [9.17, 15) is 0 Å². The van der Waals surface area contributed by atoms with Crippen LogP contribution in [0, 0.1) is 5.92 Å². The highest BCUT2D eigenvalue weighted by Gasteiger charge is 2.38. The maximum absolute atomic E-state index is 8.85. The summed E-state index contributed by atoms with van der Waals surface area (Å²) in [4.78, 5) is 0. The monoisotopic (exact) mass is 127 g/mol. The minimum Gasteiger partial charge on any atom is -0.396 e. The molecule has 0 radical (unpaired) electrons. The van der Waals surface area contributed by atoms with Gasteiger partial charge in [-0.15, -0.1) is 0 Å². The summed E-state index contributed by atoms with van der Waals surface area (Å²) < 4.78 is 0. The molecule has 3 unspecified atom stereocenters. The second-order valence-corrected chi connectivity index (χ2v) is 3.23. The molecule has 9 heavy (non-hydrogen) atoms. The molecule has 2 N–H and O–H groups in total. The van der Waals surface area contributed by atoms with Crippen LogP contribution in [-0.2, 0) is 0 Å². The molecule has 2 aliphatic heterocycles. The third kappa shape index (κ3) is 0.775. The molecular weight excluding hydrogens is 114 g/mol. The van der Waals surface area contributed by atoms with E-state index in [0.29, 0.717) is 18.6 Å². The number of aliphatic hydroxyl groups is 1. The van der Waals surface area contributed by atoms with Gasteiger partial charge in [-0.1, -0.05) is 0 Å². The van der Waals surface area contributed by atoms with Gasteiger partial charge < -0.3 is 10.4 Å². The second-order valence-electron chi connectivity index (χ2n) is 3.23. The first-order valence-corrected chi connectivity index (χ1v) is 3.77. The maximum Gasteiger partial charge on any atom is 0.0474 e. The summed E-state index contributed by atoms with van der Waals surface area (Å²) in [5, 5.41) is 12.3. The fourth-order valence-corrected chi connectivity index (χ4v) is 2.14. The van der Waals surface area contributed by atoms with Gasteiger partial charge in [0.2, 0.25) is 0 Å². The Labute approximate surface area is 55.3 Å². The van der Waals surface area contributed by atoms with Gasteiger partial charge in [-0.25, -0.2) is 0 Å². The summed E-state index contributed by atoms with van der Waals surface area (Å²) in [6, 6.07) is 1.40. The SMILES string of the molecule is OCC1CC2CCC1N2. The molecule has 2 rings (SSSR count). The Hall–Kier alpha value is -0.0800. The molecule has 0 amide bonds. The lowest BCUT2D eigenvalue weighted by Gasteiger charge is -2.16. The lowest BCUT2D eigenvalue weighted by atomic mass is 9.90. The summed E-state index contributed by atoms with van der Waals surface area (Å²) in [5.74, 6) is 0.573. The number of nitrogens with one attached hydrogen (secondary N) is 1. The van der Waals surface area contributed by atoms with Gasteiger partial charge >= 0.3 is 0 Å². The van der Waals surface area contributed by atoms with Crippen LogP contribution >= 0.6 is 0 Å². The number of hydrogen-bond acceptors (Lipinski definition) is 2. The first-order chi connectivity index (χ1) is 4.40. The predicted molar refractivity (Wildman–Crippen MR) is 35.1 cm³/mol. The summed E-state index contributed by atoms with van der Waals surface area (Å²) in [6.07, 6.45) is 3.83.